The minimum Gasteiger partial charge on any atom is -0.457 e. The summed E-state index contributed by atoms with van der Waals surface area (Å²) < 4.78 is 5.65. The van der Waals surface area contributed by atoms with Gasteiger partial charge in [-0.2, -0.15) is 0 Å². The maximum Gasteiger partial charge on any atom is 0.252 e. The van der Waals surface area contributed by atoms with Gasteiger partial charge in [0.05, 0.1) is 17.1 Å². The van der Waals surface area contributed by atoms with Crippen LogP contribution in [0.1, 0.15) is 10.4 Å². The van der Waals surface area contributed by atoms with Crippen LogP contribution in [0.2, 0.25) is 5.02 Å². The van der Waals surface area contributed by atoms with Crippen molar-refractivity contribution >= 4 is 23.9 Å². The van der Waals surface area contributed by atoms with E-state index in [2.05, 4.69) is 5.32 Å². The largest absolute Gasteiger partial charge is 0.457 e. The van der Waals surface area contributed by atoms with Gasteiger partial charge >= 0.3 is 0 Å². The maximum atomic E-state index is 12.1. The third-order valence-corrected chi connectivity index (χ3v) is 3.24. The third kappa shape index (κ3) is 4.98. The Hall–Kier alpha value is -2.57. The van der Waals surface area contributed by atoms with Crippen LogP contribution in [0.25, 0.3) is 0 Å². The van der Waals surface area contributed by atoms with Crippen LogP contribution in [0.4, 0.5) is 0 Å². The summed E-state index contributed by atoms with van der Waals surface area (Å²) in [6.07, 6.45) is 0.257. The van der Waals surface area contributed by atoms with Gasteiger partial charge < -0.3 is 10.1 Å². The molecular weight excluding hydrogens is 320 g/mol. The molecule has 0 aliphatic carbocycles. The van der Waals surface area contributed by atoms with E-state index in [1.165, 1.54) is 6.07 Å². The number of rotatable bonds is 7. The molecule has 0 aliphatic rings. The van der Waals surface area contributed by atoms with Crippen molar-refractivity contribution in [2.45, 2.75) is 0 Å². The second-order valence-electron chi connectivity index (χ2n) is 4.58. The topological polar surface area (TPSA) is 78.9 Å². The van der Waals surface area contributed by atoms with E-state index in [1.807, 2.05) is 18.2 Å². The number of ether oxygens (including phenoxy) is 1. The minimum absolute atomic E-state index is 0.0208. The van der Waals surface area contributed by atoms with Gasteiger partial charge in [-0.25, -0.2) is 5.06 Å². The van der Waals surface area contributed by atoms with E-state index >= 15 is 0 Å². The van der Waals surface area contributed by atoms with Gasteiger partial charge in [0.15, 0.2) is 0 Å². The molecule has 0 atom stereocenters. The lowest BCUT2D eigenvalue weighted by atomic mass is 10.2. The number of hydrogen-bond donors (Lipinski definition) is 2. The molecular formula is C16H15ClN2O4. The predicted molar refractivity (Wildman–Crippen MR) is 84.9 cm³/mol. The number of nitrogens with zero attached hydrogens (tertiary/aromatic N) is 1. The molecule has 0 saturated carbocycles. The summed E-state index contributed by atoms with van der Waals surface area (Å²) >= 11 is 6.03. The van der Waals surface area contributed by atoms with Crippen molar-refractivity contribution in [2.24, 2.45) is 0 Å². The Morgan fingerprint density at radius 3 is 2.65 bits per heavy atom. The molecule has 2 rings (SSSR count). The van der Waals surface area contributed by atoms with Crippen molar-refractivity contribution in [1.29, 1.82) is 0 Å². The van der Waals surface area contributed by atoms with Gasteiger partial charge in [0, 0.05) is 6.54 Å². The zero-order valence-electron chi connectivity index (χ0n) is 12.1. The summed E-state index contributed by atoms with van der Waals surface area (Å²) in [5, 5.41) is 12.2. The molecule has 0 bridgehead atoms. The first-order chi connectivity index (χ1) is 11.1. The number of amides is 2. The Balaban J connectivity index is 2.04. The lowest BCUT2D eigenvalue weighted by molar-refractivity contribution is -0.149. The lowest BCUT2D eigenvalue weighted by Gasteiger charge is -2.11. The first-order valence-electron chi connectivity index (χ1n) is 6.81. The summed E-state index contributed by atoms with van der Waals surface area (Å²) in [5.74, 6) is 0.693. The van der Waals surface area contributed by atoms with Crippen molar-refractivity contribution in [2.75, 3.05) is 13.1 Å². The van der Waals surface area contributed by atoms with E-state index in [0.29, 0.717) is 16.6 Å². The van der Waals surface area contributed by atoms with Crippen molar-refractivity contribution in [3.05, 3.63) is 59.1 Å². The monoisotopic (exact) mass is 334 g/mol. The lowest BCUT2D eigenvalue weighted by Crippen LogP contribution is -2.32. The summed E-state index contributed by atoms with van der Waals surface area (Å²) in [6.45, 7) is 0.0707. The van der Waals surface area contributed by atoms with Crippen molar-refractivity contribution < 1.29 is 19.5 Å². The van der Waals surface area contributed by atoms with Gasteiger partial charge in [0.1, 0.15) is 11.5 Å². The molecule has 0 fully saturated rings. The summed E-state index contributed by atoms with van der Waals surface area (Å²) in [5.41, 5.74) is 0.246. The van der Waals surface area contributed by atoms with E-state index in [0.717, 1.165) is 0 Å². The fraction of sp³-hybridized carbons (Fsp3) is 0.125. The number of carbonyl (C=O) groups is 2. The van der Waals surface area contributed by atoms with Crippen LogP contribution in [-0.2, 0) is 4.79 Å². The van der Waals surface area contributed by atoms with Gasteiger partial charge in [0.2, 0.25) is 6.41 Å². The van der Waals surface area contributed by atoms with E-state index in [-0.39, 0.29) is 30.1 Å². The smallest absolute Gasteiger partial charge is 0.252 e. The van der Waals surface area contributed by atoms with Gasteiger partial charge in [-0.1, -0.05) is 29.8 Å². The standard InChI is InChI=1S/C16H15ClN2O4/c17-15-7-6-13(23-12-4-2-1-3-5-12)10-14(15)16(21)18-8-9-19(22)11-20/h1-7,10-11,22H,8-9H2,(H,18,21). The van der Waals surface area contributed by atoms with Gasteiger partial charge in [-0.3, -0.25) is 14.8 Å². The fourth-order valence-corrected chi connectivity index (χ4v) is 2.00. The number of para-hydroxylation sites is 1. The number of hydrogen-bond acceptors (Lipinski definition) is 4. The quantitative estimate of drug-likeness (QED) is 0.463. The predicted octanol–water partition coefficient (Wildman–Crippen LogP) is 2.71. The SMILES string of the molecule is O=CN(O)CCNC(=O)c1cc(Oc2ccccc2)ccc1Cl. The molecule has 0 aliphatic heterocycles. The first-order valence-corrected chi connectivity index (χ1v) is 7.19. The molecule has 0 saturated heterocycles. The van der Waals surface area contributed by atoms with E-state index < -0.39 is 5.91 Å². The van der Waals surface area contributed by atoms with Crippen LogP contribution in [0.5, 0.6) is 11.5 Å². The van der Waals surface area contributed by atoms with Crippen LogP contribution in [0.3, 0.4) is 0 Å². The Morgan fingerprint density at radius 2 is 1.96 bits per heavy atom. The van der Waals surface area contributed by atoms with Crippen molar-refractivity contribution in [3.8, 4) is 11.5 Å². The van der Waals surface area contributed by atoms with Crippen LogP contribution in [-0.4, -0.2) is 35.7 Å². The molecule has 6 nitrogen and oxygen atoms in total. The Labute approximate surface area is 138 Å². The minimum atomic E-state index is -0.423. The third-order valence-electron chi connectivity index (χ3n) is 2.91. The number of hydroxylamine groups is 2. The van der Waals surface area contributed by atoms with Gasteiger partial charge in [0.25, 0.3) is 5.91 Å². The Kier molecular flexibility index (Phi) is 5.96. The van der Waals surface area contributed by atoms with Crippen LogP contribution in [0, 0.1) is 0 Å². The molecule has 23 heavy (non-hydrogen) atoms. The van der Waals surface area contributed by atoms with Crippen LogP contribution >= 0.6 is 11.6 Å². The number of halogens is 1. The Morgan fingerprint density at radius 1 is 1.22 bits per heavy atom. The van der Waals surface area contributed by atoms with Crippen LogP contribution in [0.15, 0.2) is 48.5 Å². The molecule has 0 aromatic heterocycles. The highest BCUT2D eigenvalue weighted by atomic mass is 35.5. The molecule has 0 heterocycles. The summed E-state index contributed by atoms with van der Waals surface area (Å²) in [6, 6.07) is 13.9. The molecule has 2 amide bonds. The van der Waals surface area contributed by atoms with E-state index in [1.54, 1.807) is 24.3 Å². The zero-order chi connectivity index (χ0) is 16.7. The highest BCUT2D eigenvalue weighted by Crippen LogP contribution is 2.26. The molecule has 0 unspecified atom stereocenters. The summed E-state index contributed by atoms with van der Waals surface area (Å²) in [7, 11) is 0. The van der Waals surface area contributed by atoms with Crippen molar-refractivity contribution in [3.63, 3.8) is 0 Å². The second kappa shape index (κ2) is 8.17. The average Bonchev–Trinajstić information content (AvgIpc) is 2.57. The summed E-state index contributed by atoms with van der Waals surface area (Å²) in [4.78, 5) is 22.3. The molecule has 2 aromatic rings. The molecule has 120 valence electrons. The Bertz CT molecular complexity index is 679. The number of carbonyl (C=O) groups excluding carboxylic acids is 2. The van der Waals surface area contributed by atoms with Gasteiger partial charge in [-0.05, 0) is 30.3 Å². The van der Waals surface area contributed by atoms with Gasteiger partial charge in [-0.15, -0.1) is 0 Å². The highest BCUT2D eigenvalue weighted by molar-refractivity contribution is 6.33. The highest BCUT2D eigenvalue weighted by Gasteiger charge is 2.12. The average molecular weight is 335 g/mol. The maximum absolute atomic E-state index is 12.1. The number of benzene rings is 2. The second-order valence-corrected chi connectivity index (χ2v) is 4.99. The molecule has 2 aromatic carbocycles. The fourth-order valence-electron chi connectivity index (χ4n) is 1.80. The molecule has 0 radical (unpaired) electrons. The molecule has 7 heteroatoms. The van der Waals surface area contributed by atoms with E-state index in [9.17, 15) is 9.59 Å². The molecule has 0 spiro atoms. The van der Waals surface area contributed by atoms with Crippen molar-refractivity contribution in [1.82, 2.24) is 10.4 Å². The van der Waals surface area contributed by atoms with Crippen LogP contribution < -0.4 is 10.1 Å². The number of nitrogens with one attached hydrogen (secondary N) is 1. The molecule has 2 N–H and O–H groups in total. The first kappa shape index (κ1) is 16.8. The van der Waals surface area contributed by atoms with E-state index in [4.69, 9.17) is 21.5 Å². The normalized spacial score (nSPS) is 10.0. The zero-order valence-corrected chi connectivity index (χ0v) is 12.9.